The van der Waals surface area contributed by atoms with Crippen LogP contribution in [0.2, 0.25) is 0 Å². The Morgan fingerprint density at radius 2 is 1.94 bits per heavy atom. The SMILES string of the molecule is COc1cc(CN(Cc2ccccn2)C(=O)/C=C/c2cccc(F)c2)ccc1OCCc1cccs1. The van der Waals surface area contributed by atoms with Crippen molar-refractivity contribution >= 4 is 23.3 Å². The van der Waals surface area contributed by atoms with E-state index in [-0.39, 0.29) is 11.7 Å². The highest BCUT2D eigenvalue weighted by Gasteiger charge is 2.15. The van der Waals surface area contributed by atoms with Crippen molar-refractivity contribution in [2.45, 2.75) is 19.5 Å². The first-order valence-corrected chi connectivity index (χ1v) is 12.4. The van der Waals surface area contributed by atoms with E-state index in [1.807, 2.05) is 42.5 Å². The molecular weight excluding hydrogens is 475 g/mol. The van der Waals surface area contributed by atoms with E-state index in [2.05, 4.69) is 16.4 Å². The number of aromatic nitrogens is 1. The molecule has 0 unspecified atom stereocenters. The Morgan fingerprint density at radius 3 is 2.69 bits per heavy atom. The zero-order valence-corrected chi connectivity index (χ0v) is 20.8. The molecule has 0 bridgehead atoms. The fourth-order valence-corrected chi connectivity index (χ4v) is 4.34. The summed E-state index contributed by atoms with van der Waals surface area (Å²) in [6.45, 7) is 1.22. The van der Waals surface area contributed by atoms with Gasteiger partial charge in [0.2, 0.25) is 5.91 Å². The third-order valence-electron chi connectivity index (χ3n) is 5.45. The molecule has 0 N–H and O–H groups in total. The average molecular weight is 503 g/mol. The number of thiophene rings is 1. The first-order valence-electron chi connectivity index (χ1n) is 11.6. The first-order chi connectivity index (χ1) is 17.6. The summed E-state index contributed by atoms with van der Waals surface area (Å²) >= 11 is 1.71. The zero-order valence-electron chi connectivity index (χ0n) is 20.0. The third-order valence-corrected chi connectivity index (χ3v) is 6.38. The largest absolute Gasteiger partial charge is 0.493 e. The lowest BCUT2D eigenvalue weighted by atomic mass is 10.1. The molecule has 0 aliphatic heterocycles. The van der Waals surface area contributed by atoms with E-state index < -0.39 is 0 Å². The van der Waals surface area contributed by atoms with Gasteiger partial charge in [0.15, 0.2) is 11.5 Å². The van der Waals surface area contributed by atoms with Crippen molar-refractivity contribution in [1.29, 1.82) is 0 Å². The van der Waals surface area contributed by atoms with Crippen molar-refractivity contribution in [2.75, 3.05) is 13.7 Å². The lowest BCUT2D eigenvalue weighted by Gasteiger charge is -2.22. The number of hydrogen-bond acceptors (Lipinski definition) is 5. The molecule has 0 aliphatic rings. The molecular formula is C29H27FN2O3S. The van der Waals surface area contributed by atoms with E-state index in [1.165, 1.54) is 23.1 Å². The summed E-state index contributed by atoms with van der Waals surface area (Å²) in [6.07, 6.45) is 5.59. The molecule has 7 heteroatoms. The van der Waals surface area contributed by atoms with Crippen molar-refractivity contribution in [3.8, 4) is 11.5 Å². The summed E-state index contributed by atoms with van der Waals surface area (Å²) in [5.41, 5.74) is 2.28. The monoisotopic (exact) mass is 502 g/mol. The quantitative estimate of drug-likeness (QED) is 0.231. The molecule has 0 atom stereocenters. The van der Waals surface area contributed by atoms with Crippen molar-refractivity contribution in [2.24, 2.45) is 0 Å². The number of carbonyl (C=O) groups excluding carboxylic acids is 1. The van der Waals surface area contributed by atoms with Gasteiger partial charge in [0.05, 0.1) is 26.0 Å². The second-order valence-electron chi connectivity index (χ2n) is 8.07. The third kappa shape index (κ3) is 7.26. The summed E-state index contributed by atoms with van der Waals surface area (Å²) in [5.74, 6) is 0.713. The minimum Gasteiger partial charge on any atom is -0.493 e. The number of carbonyl (C=O) groups is 1. The Balaban J connectivity index is 1.48. The van der Waals surface area contributed by atoms with Crippen LogP contribution in [0.15, 0.2) is 90.4 Å². The van der Waals surface area contributed by atoms with Crippen LogP contribution >= 0.6 is 11.3 Å². The Kier molecular flexibility index (Phi) is 8.83. The fraction of sp³-hybridized carbons (Fsp3) is 0.172. The lowest BCUT2D eigenvalue weighted by Crippen LogP contribution is -2.29. The highest BCUT2D eigenvalue weighted by molar-refractivity contribution is 7.09. The molecule has 0 spiro atoms. The van der Waals surface area contributed by atoms with Gasteiger partial charge < -0.3 is 14.4 Å². The van der Waals surface area contributed by atoms with Gasteiger partial charge in [-0.3, -0.25) is 9.78 Å². The smallest absolute Gasteiger partial charge is 0.247 e. The topological polar surface area (TPSA) is 51.7 Å². The van der Waals surface area contributed by atoms with Gasteiger partial charge in [-0.25, -0.2) is 4.39 Å². The normalized spacial score (nSPS) is 10.9. The van der Waals surface area contributed by atoms with Crippen LogP contribution < -0.4 is 9.47 Å². The van der Waals surface area contributed by atoms with Crippen molar-refractivity contribution < 1.29 is 18.7 Å². The molecule has 5 nitrogen and oxygen atoms in total. The molecule has 4 rings (SSSR count). The van der Waals surface area contributed by atoms with Crippen LogP contribution in [0, 0.1) is 5.82 Å². The molecule has 0 saturated carbocycles. The van der Waals surface area contributed by atoms with Gasteiger partial charge in [-0.15, -0.1) is 11.3 Å². The van der Waals surface area contributed by atoms with Gasteiger partial charge in [0.1, 0.15) is 5.82 Å². The first kappa shape index (κ1) is 25.1. The maximum absolute atomic E-state index is 13.5. The van der Waals surface area contributed by atoms with Crippen molar-refractivity contribution in [3.63, 3.8) is 0 Å². The van der Waals surface area contributed by atoms with Gasteiger partial charge in [0.25, 0.3) is 0 Å². The van der Waals surface area contributed by atoms with Crippen LogP contribution in [0.25, 0.3) is 6.08 Å². The number of methoxy groups -OCH3 is 1. The summed E-state index contributed by atoms with van der Waals surface area (Å²) in [6, 6.07) is 21.5. The standard InChI is InChI=1S/C29H27FN2O3S/c1-34-28-19-23(10-12-27(28)35-16-14-26-9-5-17-36-26)20-32(21-25-8-2-3-15-31-25)29(33)13-11-22-6-4-7-24(30)18-22/h2-13,15,17-19H,14,16,20-21H2,1H3/b13-11+. The minimum absolute atomic E-state index is 0.208. The Bertz CT molecular complexity index is 1290. The van der Waals surface area contributed by atoms with E-state index in [0.29, 0.717) is 36.8 Å². The van der Waals surface area contributed by atoms with Gasteiger partial charge in [-0.1, -0.05) is 30.3 Å². The van der Waals surface area contributed by atoms with Crippen LogP contribution in [-0.2, 0) is 24.3 Å². The predicted molar refractivity (Wildman–Crippen MR) is 140 cm³/mol. The van der Waals surface area contributed by atoms with E-state index in [1.54, 1.807) is 47.8 Å². The minimum atomic E-state index is -0.347. The van der Waals surface area contributed by atoms with Crippen LogP contribution in [0.5, 0.6) is 11.5 Å². The molecule has 184 valence electrons. The molecule has 2 heterocycles. The molecule has 1 amide bonds. The number of ether oxygens (including phenoxy) is 2. The molecule has 2 aromatic heterocycles. The van der Waals surface area contributed by atoms with Crippen LogP contribution in [0.3, 0.4) is 0 Å². The number of rotatable bonds is 11. The second-order valence-corrected chi connectivity index (χ2v) is 9.10. The van der Waals surface area contributed by atoms with Crippen LogP contribution in [0.4, 0.5) is 4.39 Å². The maximum Gasteiger partial charge on any atom is 0.247 e. The maximum atomic E-state index is 13.5. The number of benzene rings is 2. The Hall–Kier alpha value is -3.97. The second kappa shape index (κ2) is 12.7. The van der Waals surface area contributed by atoms with E-state index in [4.69, 9.17) is 9.47 Å². The Morgan fingerprint density at radius 1 is 1.03 bits per heavy atom. The molecule has 0 radical (unpaired) electrons. The number of amides is 1. The summed E-state index contributed by atoms with van der Waals surface area (Å²) < 4.78 is 25.0. The molecule has 0 fully saturated rings. The van der Waals surface area contributed by atoms with Gasteiger partial charge in [-0.2, -0.15) is 0 Å². The lowest BCUT2D eigenvalue weighted by molar-refractivity contribution is -0.127. The summed E-state index contributed by atoms with van der Waals surface area (Å²) in [5, 5.41) is 2.05. The average Bonchev–Trinajstić information content (AvgIpc) is 3.42. The van der Waals surface area contributed by atoms with E-state index in [9.17, 15) is 9.18 Å². The number of halogens is 1. The highest BCUT2D eigenvalue weighted by atomic mass is 32.1. The molecule has 0 saturated heterocycles. The van der Waals surface area contributed by atoms with E-state index >= 15 is 0 Å². The van der Waals surface area contributed by atoms with Gasteiger partial charge >= 0.3 is 0 Å². The number of pyridine rings is 1. The molecule has 4 aromatic rings. The van der Waals surface area contributed by atoms with Gasteiger partial charge in [0, 0.05) is 30.1 Å². The highest BCUT2D eigenvalue weighted by Crippen LogP contribution is 2.29. The number of hydrogen-bond donors (Lipinski definition) is 0. The van der Waals surface area contributed by atoms with Crippen molar-refractivity contribution in [1.82, 2.24) is 9.88 Å². The fourth-order valence-electron chi connectivity index (χ4n) is 3.65. The summed E-state index contributed by atoms with van der Waals surface area (Å²) in [4.78, 5) is 20.5. The molecule has 0 aliphatic carbocycles. The Labute approximate surface area is 214 Å². The van der Waals surface area contributed by atoms with E-state index in [0.717, 1.165) is 17.7 Å². The summed E-state index contributed by atoms with van der Waals surface area (Å²) in [7, 11) is 1.60. The van der Waals surface area contributed by atoms with Crippen molar-refractivity contribution in [3.05, 3.63) is 118 Å². The zero-order chi connectivity index (χ0) is 25.2. The molecule has 2 aromatic carbocycles. The predicted octanol–water partition coefficient (Wildman–Crippen LogP) is 6.15. The number of nitrogens with zero attached hydrogens (tertiary/aromatic N) is 2. The van der Waals surface area contributed by atoms with Gasteiger partial charge in [-0.05, 0) is 65.0 Å². The van der Waals surface area contributed by atoms with Crippen LogP contribution in [-0.4, -0.2) is 29.5 Å². The molecule has 36 heavy (non-hydrogen) atoms. The van der Waals surface area contributed by atoms with Crippen LogP contribution in [0.1, 0.15) is 21.7 Å².